The molecule has 0 fully saturated rings. The molecule has 0 unspecified atom stereocenters. The molecule has 0 aliphatic heterocycles. The molecule has 140 valence electrons. The number of carbonyl (C=O) groups is 1. The second-order valence-electron chi connectivity index (χ2n) is 6.23. The van der Waals surface area contributed by atoms with Crippen LogP contribution in [0.5, 0.6) is 0 Å². The van der Waals surface area contributed by atoms with Crippen molar-refractivity contribution >= 4 is 22.8 Å². The van der Waals surface area contributed by atoms with Gasteiger partial charge in [0.15, 0.2) is 0 Å². The fraction of sp³-hybridized carbons (Fsp3) is 0.105. The van der Waals surface area contributed by atoms with Gasteiger partial charge in [-0.1, -0.05) is 30.3 Å². The van der Waals surface area contributed by atoms with Crippen molar-refractivity contribution < 1.29 is 4.79 Å². The van der Waals surface area contributed by atoms with Crippen LogP contribution in [0.4, 0.5) is 10.6 Å². The predicted molar refractivity (Wildman–Crippen MR) is 105 cm³/mol. The van der Waals surface area contributed by atoms with Crippen molar-refractivity contribution in [3.8, 4) is 11.3 Å². The van der Waals surface area contributed by atoms with E-state index >= 15 is 0 Å². The van der Waals surface area contributed by atoms with E-state index in [2.05, 4.69) is 35.8 Å². The monoisotopic (exact) mass is 375 g/mol. The minimum atomic E-state index is -0.427. The van der Waals surface area contributed by atoms with Crippen LogP contribution < -0.4 is 16.3 Å². The van der Waals surface area contributed by atoms with E-state index in [1.54, 1.807) is 12.3 Å². The highest BCUT2D eigenvalue weighted by Crippen LogP contribution is 2.25. The van der Waals surface area contributed by atoms with E-state index < -0.39 is 5.69 Å². The molecule has 0 spiro atoms. The number of pyridine rings is 1. The van der Waals surface area contributed by atoms with E-state index in [-0.39, 0.29) is 12.1 Å². The maximum atomic E-state index is 12.3. The molecule has 4 rings (SSSR count). The number of aromatic amines is 2. The van der Waals surface area contributed by atoms with Crippen molar-refractivity contribution in [1.82, 2.24) is 30.5 Å². The number of H-pyrrole nitrogens is 2. The quantitative estimate of drug-likeness (QED) is 0.436. The lowest BCUT2D eigenvalue weighted by molar-refractivity contribution is 0.249. The number of amides is 2. The maximum absolute atomic E-state index is 12.3. The molecule has 0 aliphatic carbocycles. The van der Waals surface area contributed by atoms with Crippen molar-refractivity contribution in [3.63, 3.8) is 0 Å². The van der Waals surface area contributed by atoms with Gasteiger partial charge >= 0.3 is 11.7 Å². The summed E-state index contributed by atoms with van der Waals surface area (Å²) in [5, 5.41) is 13.5. The lowest BCUT2D eigenvalue weighted by Crippen LogP contribution is -2.31. The molecular weight excluding hydrogens is 358 g/mol. The van der Waals surface area contributed by atoms with Crippen molar-refractivity contribution in [2.75, 3.05) is 5.32 Å². The Labute approximate surface area is 159 Å². The number of benzene rings is 1. The third-order valence-corrected chi connectivity index (χ3v) is 4.28. The summed E-state index contributed by atoms with van der Waals surface area (Å²) < 4.78 is 0. The second-order valence-corrected chi connectivity index (χ2v) is 6.23. The van der Waals surface area contributed by atoms with E-state index in [4.69, 9.17) is 0 Å². The Morgan fingerprint density at radius 2 is 1.96 bits per heavy atom. The smallest absolute Gasteiger partial charge is 0.331 e. The molecule has 9 nitrogen and oxygen atoms in total. The molecule has 0 bridgehead atoms. The van der Waals surface area contributed by atoms with Gasteiger partial charge in [-0.25, -0.2) is 19.6 Å². The molecule has 1 atom stereocenters. The number of hydrogen-bond acceptors (Lipinski definition) is 5. The zero-order chi connectivity index (χ0) is 19.5. The van der Waals surface area contributed by atoms with E-state index in [1.165, 1.54) is 12.4 Å². The Bertz CT molecular complexity index is 1160. The molecule has 0 radical (unpaired) electrons. The van der Waals surface area contributed by atoms with Crippen LogP contribution in [0.1, 0.15) is 18.5 Å². The summed E-state index contributed by atoms with van der Waals surface area (Å²) in [5.41, 5.74) is 2.54. The molecular formula is C19H17N7O2. The highest BCUT2D eigenvalue weighted by Gasteiger charge is 2.13. The molecule has 3 aromatic heterocycles. The van der Waals surface area contributed by atoms with Gasteiger partial charge in [-0.05, 0) is 12.5 Å². The van der Waals surface area contributed by atoms with Crippen LogP contribution in [0, 0.1) is 0 Å². The normalized spacial score (nSPS) is 11.9. The third kappa shape index (κ3) is 3.58. The fourth-order valence-corrected chi connectivity index (χ4v) is 2.85. The highest BCUT2D eigenvalue weighted by atomic mass is 16.2. The first kappa shape index (κ1) is 17.4. The average molecular weight is 375 g/mol. The van der Waals surface area contributed by atoms with Crippen LogP contribution in [0.15, 0.2) is 59.8 Å². The molecule has 4 N–H and O–H groups in total. The molecule has 28 heavy (non-hydrogen) atoms. The summed E-state index contributed by atoms with van der Waals surface area (Å²) in [6.45, 7) is 1.91. The van der Waals surface area contributed by atoms with Gasteiger partial charge in [-0.2, -0.15) is 5.10 Å². The van der Waals surface area contributed by atoms with Gasteiger partial charge in [-0.15, -0.1) is 0 Å². The average Bonchev–Trinajstić information content (AvgIpc) is 3.12. The number of carbonyl (C=O) groups excluding carboxylic acids is 1. The topological polar surface area (TPSA) is 128 Å². The van der Waals surface area contributed by atoms with E-state index in [9.17, 15) is 9.59 Å². The van der Waals surface area contributed by atoms with Gasteiger partial charge < -0.3 is 10.3 Å². The number of fused-ring (bicyclic) bond motifs is 1. The van der Waals surface area contributed by atoms with E-state index in [0.717, 1.165) is 10.9 Å². The highest BCUT2D eigenvalue weighted by molar-refractivity contribution is 5.95. The lowest BCUT2D eigenvalue weighted by Gasteiger charge is -2.14. The van der Waals surface area contributed by atoms with Crippen molar-refractivity contribution in [1.29, 1.82) is 0 Å². The summed E-state index contributed by atoms with van der Waals surface area (Å²) in [6, 6.07) is 10.9. The van der Waals surface area contributed by atoms with Gasteiger partial charge in [0.25, 0.3) is 0 Å². The summed E-state index contributed by atoms with van der Waals surface area (Å²) in [6.07, 6.45) is 4.59. The van der Waals surface area contributed by atoms with Gasteiger partial charge in [0.2, 0.25) is 0 Å². The second kappa shape index (κ2) is 7.31. The van der Waals surface area contributed by atoms with Crippen molar-refractivity contribution in [3.05, 3.63) is 71.0 Å². The molecule has 4 aromatic rings. The third-order valence-electron chi connectivity index (χ3n) is 4.28. The number of nitrogens with one attached hydrogen (secondary N) is 4. The summed E-state index contributed by atoms with van der Waals surface area (Å²) in [5.74, 6) is 0.389. The minimum Gasteiger partial charge on any atom is -0.331 e. The number of nitrogens with zero attached hydrogens (tertiary/aromatic N) is 3. The molecule has 0 saturated heterocycles. The van der Waals surface area contributed by atoms with Gasteiger partial charge in [-0.3, -0.25) is 10.4 Å². The van der Waals surface area contributed by atoms with Crippen LogP contribution in [0.25, 0.3) is 22.2 Å². The summed E-state index contributed by atoms with van der Waals surface area (Å²) >= 11 is 0. The largest absolute Gasteiger partial charge is 0.344 e. The number of urea groups is 1. The Hall–Kier alpha value is -4.01. The molecule has 1 aromatic carbocycles. The van der Waals surface area contributed by atoms with Crippen molar-refractivity contribution in [2.45, 2.75) is 13.0 Å². The van der Waals surface area contributed by atoms with E-state index in [0.29, 0.717) is 22.6 Å². The Morgan fingerprint density at radius 1 is 1.14 bits per heavy atom. The van der Waals surface area contributed by atoms with E-state index in [1.807, 2.05) is 37.3 Å². The standard InChI is InChI=1S/C19H17N7O2/c1-11(12-5-3-2-4-6-12)23-19(28)24-16-7-15-14(10-20-16)17(26-25-15)13-8-21-18(27)22-9-13/h2-11H,1H3,(H,25,26)(H,21,22,27)(H2,20,23,24,28)/t11-/m1/s1. The fourth-order valence-electron chi connectivity index (χ4n) is 2.85. The number of aromatic nitrogens is 5. The van der Waals surface area contributed by atoms with Crippen LogP contribution in [0.3, 0.4) is 0 Å². The Balaban J connectivity index is 1.50. The maximum Gasteiger partial charge on any atom is 0.344 e. The number of hydrogen-bond donors (Lipinski definition) is 4. The zero-order valence-corrected chi connectivity index (χ0v) is 14.9. The molecule has 9 heteroatoms. The zero-order valence-electron chi connectivity index (χ0n) is 14.9. The minimum absolute atomic E-state index is 0.142. The number of rotatable bonds is 4. The van der Waals surface area contributed by atoms with Crippen molar-refractivity contribution in [2.24, 2.45) is 0 Å². The number of anilines is 1. The first-order valence-corrected chi connectivity index (χ1v) is 8.62. The molecule has 3 heterocycles. The summed E-state index contributed by atoms with van der Waals surface area (Å²) in [4.78, 5) is 33.9. The van der Waals surface area contributed by atoms with Gasteiger partial charge in [0, 0.05) is 35.6 Å². The molecule has 0 saturated carbocycles. The van der Waals surface area contributed by atoms with Crippen LogP contribution in [-0.4, -0.2) is 31.2 Å². The predicted octanol–water partition coefficient (Wildman–Crippen LogP) is 2.59. The van der Waals surface area contributed by atoms with Crippen LogP contribution in [-0.2, 0) is 0 Å². The van der Waals surface area contributed by atoms with Crippen LogP contribution >= 0.6 is 0 Å². The Morgan fingerprint density at radius 3 is 2.71 bits per heavy atom. The molecule has 0 aliphatic rings. The SMILES string of the molecule is C[C@@H](NC(=O)Nc1cc2[nH]nc(-c3cnc(=O)[nH]c3)c2cn1)c1ccccc1. The summed E-state index contributed by atoms with van der Waals surface area (Å²) in [7, 11) is 0. The molecule has 2 amide bonds. The van der Waals surface area contributed by atoms with Crippen LogP contribution in [0.2, 0.25) is 0 Å². The van der Waals surface area contributed by atoms with Gasteiger partial charge in [0.05, 0.1) is 11.6 Å². The first-order chi connectivity index (χ1) is 13.6. The lowest BCUT2D eigenvalue weighted by atomic mass is 10.1. The Kier molecular flexibility index (Phi) is 4.55. The van der Waals surface area contributed by atoms with Gasteiger partial charge in [0.1, 0.15) is 11.5 Å². The first-order valence-electron chi connectivity index (χ1n) is 8.62.